The molecule has 0 fully saturated rings. The molecule has 0 aromatic carbocycles. The highest BCUT2D eigenvalue weighted by Crippen LogP contribution is 2.13. The molecule has 0 aromatic rings. The number of carbonyl (C=O) groups excluding carboxylic acids is 3. The van der Waals surface area contributed by atoms with Gasteiger partial charge in [0, 0.05) is 19.3 Å². The minimum absolute atomic E-state index is 0.134. The summed E-state index contributed by atoms with van der Waals surface area (Å²) in [7, 11) is 0. The van der Waals surface area contributed by atoms with Gasteiger partial charge in [0.15, 0.2) is 6.10 Å². The lowest BCUT2D eigenvalue weighted by molar-refractivity contribution is -0.166. The van der Waals surface area contributed by atoms with E-state index in [-0.39, 0.29) is 38.0 Å². The SMILES string of the molecule is CC\C=C/C=C\C=C/C=C\C=C/CCCC(=O)OC(COC(=O)CC/C=C\C/C=C\C/C=C\C/C=C\C/C=C\C/C=C\CC)COC(=O)CCCCCCCCCCCCC. The molecule has 0 heterocycles. The molecule has 6 heteroatoms. The van der Waals surface area contributed by atoms with Crippen LogP contribution in [-0.4, -0.2) is 37.2 Å². The maximum absolute atomic E-state index is 12.7. The van der Waals surface area contributed by atoms with Gasteiger partial charge in [-0.1, -0.05) is 219 Å². The third-order valence-electron chi connectivity index (χ3n) is 9.29. The molecule has 0 spiro atoms. The van der Waals surface area contributed by atoms with E-state index in [4.69, 9.17) is 14.2 Å². The Kier molecular flexibility index (Phi) is 44.7. The van der Waals surface area contributed by atoms with Gasteiger partial charge in [-0.15, -0.1) is 0 Å². The van der Waals surface area contributed by atoms with E-state index in [9.17, 15) is 14.4 Å². The summed E-state index contributed by atoms with van der Waals surface area (Å²) in [4.78, 5) is 37.8. The molecule has 0 amide bonds. The summed E-state index contributed by atoms with van der Waals surface area (Å²) in [5, 5.41) is 0. The van der Waals surface area contributed by atoms with E-state index in [1.54, 1.807) is 0 Å². The van der Waals surface area contributed by atoms with Crippen molar-refractivity contribution in [3.05, 3.63) is 134 Å². The Bertz CT molecular complexity index is 1380. The van der Waals surface area contributed by atoms with E-state index in [2.05, 4.69) is 87.6 Å². The van der Waals surface area contributed by atoms with E-state index < -0.39 is 12.1 Å². The molecule has 0 saturated carbocycles. The van der Waals surface area contributed by atoms with Gasteiger partial charge < -0.3 is 14.2 Å². The largest absolute Gasteiger partial charge is 0.462 e. The number of esters is 3. The second-order valence-corrected chi connectivity index (χ2v) is 15.0. The lowest BCUT2D eigenvalue weighted by Crippen LogP contribution is -2.30. The van der Waals surface area contributed by atoms with Crippen molar-refractivity contribution in [3.63, 3.8) is 0 Å². The average molecular weight is 841 g/mol. The van der Waals surface area contributed by atoms with Crippen molar-refractivity contribution in [1.29, 1.82) is 0 Å². The molecule has 0 N–H and O–H groups in total. The summed E-state index contributed by atoms with van der Waals surface area (Å²) in [5.41, 5.74) is 0. The van der Waals surface area contributed by atoms with Crippen molar-refractivity contribution >= 4 is 17.9 Å². The van der Waals surface area contributed by atoms with Gasteiger partial charge in [0.2, 0.25) is 0 Å². The van der Waals surface area contributed by atoms with Crippen molar-refractivity contribution in [2.45, 2.75) is 181 Å². The normalized spacial score (nSPS) is 13.3. The summed E-state index contributed by atoms with van der Waals surface area (Å²) in [6.45, 7) is 6.21. The molecule has 61 heavy (non-hydrogen) atoms. The van der Waals surface area contributed by atoms with Gasteiger partial charge in [-0.05, 0) is 70.6 Å². The van der Waals surface area contributed by atoms with Crippen LogP contribution in [0.2, 0.25) is 0 Å². The van der Waals surface area contributed by atoms with Crippen molar-refractivity contribution in [2.24, 2.45) is 0 Å². The summed E-state index contributed by atoms with van der Waals surface area (Å²) in [6.07, 6.45) is 67.4. The second-order valence-electron chi connectivity index (χ2n) is 15.0. The van der Waals surface area contributed by atoms with E-state index in [0.29, 0.717) is 25.7 Å². The first-order chi connectivity index (χ1) is 30.0. The Morgan fingerprint density at radius 3 is 1.25 bits per heavy atom. The van der Waals surface area contributed by atoms with Crippen molar-refractivity contribution in [3.8, 4) is 0 Å². The number of hydrogen-bond donors (Lipinski definition) is 0. The van der Waals surface area contributed by atoms with Crippen molar-refractivity contribution in [1.82, 2.24) is 0 Å². The number of allylic oxidation sites excluding steroid dienone is 22. The van der Waals surface area contributed by atoms with Crippen LogP contribution in [0.3, 0.4) is 0 Å². The van der Waals surface area contributed by atoms with Crippen LogP contribution in [-0.2, 0) is 28.6 Å². The predicted octanol–water partition coefficient (Wildman–Crippen LogP) is 15.5. The Labute approximate surface area is 373 Å². The molecule has 0 saturated heterocycles. The topological polar surface area (TPSA) is 78.9 Å². The van der Waals surface area contributed by atoms with Gasteiger partial charge in [-0.2, -0.15) is 0 Å². The van der Waals surface area contributed by atoms with Crippen LogP contribution in [0.4, 0.5) is 0 Å². The Hall–Kier alpha value is -4.45. The van der Waals surface area contributed by atoms with E-state index >= 15 is 0 Å². The molecule has 0 rings (SSSR count). The molecule has 340 valence electrons. The number of unbranched alkanes of at least 4 members (excludes halogenated alkanes) is 11. The second kappa shape index (κ2) is 48.2. The summed E-state index contributed by atoms with van der Waals surface area (Å²) < 4.78 is 16.6. The van der Waals surface area contributed by atoms with E-state index in [0.717, 1.165) is 64.2 Å². The van der Waals surface area contributed by atoms with Crippen LogP contribution in [0.5, 0.6) is 0 Å². The quantitative estimate of drug-likeness (QED) is 0.0201. The van der Waals surface area contributed by atoms with Gasteiger partial charge in [-0.3, -0.25) is 14.4 Å². The fourth-order valence-electron chi connectivity index (χ4n) is 5.79. The molecule has 0 aliphatic carbocycles. The molecule has 0 bridgehead atoms. The summed E-state index contributed by atoms with van der Waals surface area (Å²) >= 11 is 0. The minimum Gasteiger partial charge on any atom is -0.462 e. The number of hydrogen-bond acceptors (Lipinski definition) is 6. The van der Waals surface area contributed by atoms with Crippen molar-refractivity contribution in [2.75, 3.05) is 13.2 Å². The van der Waals surface area contributed by atoms with Gasteiger partial charge in [0.05, 0.1) is 0 Å². The van der Waals surface area contributed by atoms with Crippen LogP contribution < -0.4 is 0 Å². The maximum atomic E-state index is 12.7. The monoisotopic (exact) mass is 841 g/mol. The Morgan fingerprint density at radius 2 is 0.754 bits per heavy atom. The van der Waals surface area contributed by atoms with Crippen LogP contribution in [0, 0.1) is 0 Å². The van der Waals surface area contributed by atoms with E-state index in [1.807, 2.05) is 66.8 Å². The van der Waals surface area contributed by atoms with E-state index in [1.165, 1.54) is 51.4 Å². The first-order valence-corrected chi connectivity index (χ1v) is 23.8. The highest BCUT2D eigenvalue weighted by Gasteiger charge is 2.19. The number of carbonyl (C=O) groups is 3. The molecule has 0 aromatic heterocycles. The van der Waals surface area contributed by atoms with Crippen LogP contribution in [0.1, 0.15) is 175 Å². The fourth-order valence-corrected chi connectivity index (χ4v) is 5.79. The molecular weight excluding hydrogens is 757 g/mol. The number of rotatable bonds is 40. The van der Waals surface area contributed by atoms with Gasteiger partial charge in [0.1, 0.15) is 13.2 Å². The smallest absolute Gasteiger partial charge is 0.306 e. The first-order valence-electron chi connectivity index (χ1n) is 23.8. The minimum atomic E-state index is -0.847. The Balaban J connectivity index is 4.61. The average Bonchev–Trinajstić information content (AvgIpc) is 3.26. The maximum Gasteiger partial charge on any atom is 0.306 e. The third-order valence-corrected chi connectivity index (χ3v) is 9.29. The molecule has 6 nitrogen and oxygen atoms in total. The first kappa shape index (κ1) is 56.5. The van der Waals surface area contributed by atoms with Crippen molar-refractivity contribution < 1.29 is 28.6 Å². The summed E-state index contributed by atoms with van der Waals surface area (Å²) in [6, 6.07) is 0. The molecule has 1 unspecified atom stereocenters. The van der Waals surface area contributed by atoms with Gasteiger partial charge in [0.25, 0.3) is 0 Å². The van der Waals surface area contributed by atoms with Gasteiger partial charge in [-0.25, -0.2) is 0 Å². The molecule has 0 radical (unpaired) electrons. The molecular formula is C55H84O6. The standard InChI is InChI=1S/C55H84O6/c1-4-7-10-13-16-19-22-24-25-26-27-28-29-31-33-36-39-42-45-48-54(57)60-51-52(50-59-53(56)47-44-41-38-35-32-21-18-15-12-9-6-3)61-55(58)49-46-43-40-37-34-30-23-20-17-14-11-8-5-2/h7-8,10-11,14,16-17,19-20,23-25,27-28,30-31,33-34,37,39-40,42,52H,4-6,9,12-13,15,18,21-22,26,29,32,35-36,38,41,43-51H2,1-3H3/b10-7-,11-8-,17-14-,19-16-,23-20-,25-24-,28-27-,33-31-,34-30-,40-37-,42-39-. The van der Waals surface area contributed by atoms with Gasteiger partial charge >= 0.3 is 17.9 Å². The lowest BCUT2D eigenvalue weighted by Gasteiger charge is -2.18. The molecule has 0 aliphatic rings. The fraction of sp³-hybridized carbons (Fsp3) is 0.545. The third kappa shape index (κ3) is 46.5. The molecule has 0 aliphatic heterocycles. The predicted molar refractivity (Wildman–Crippen MR) is 260 cm³/mol. The molecule has 1 atom stereocenters. The zero-order valence-electron chi connectivity index (χ0n) is 38.6. The highest BCUT2D eigenvalue weighted by atomic mass is 16.6. The lowest BCUT2D eigenvalue weighted by atomic mass is 10.1. The Morgan fingerprint density at radius 1 is 0.361 bits per heavy atom. The number of ether oxygens (including phenoxy) is 3. The van der Waals surface area contributed by atoms with Crippen LogP contribution >= 0.6 is 0 Å². The van der Waals surface area contributed by atoms with Crippen LogP contribution in [0.25, 0.3) is 0 Å². The summed E-state index contributed by atoms with van der Waals surface area (Å²) in [5.74, 6) is -1.11. The zero-order valence-corrected chi connectivity index (χ0v) is 38.6. The van der Waals surface area contributed by atoms with Crippen LogP contribution in [0.15, 0.2) is 134 Å². The zero-order chi connectivity index (χ0) is 44.4. The highest BCUT2D eigenvalue weighted by molar-refractivity contribution is 5.71.